The quantitative estimate of drug-likeness (QED) is 0.398. The van der Waals surface area contributed by atoms with Crippen molar-refractivity contribution in [2.45, 2.75) is 17.6 Å². The van der Waals surface area contributed by atoms with Crippen LogP contribution in [0.25, 0.3) is 22.5 Å². The molecular formula is C22H20Cl3N5O4. The molecule has 1 aromatic carbocycles. The number of halogens is 3. The minimum atomic E-state index is -1.70. The second kappa shape index (κ2) is 10.9. The zero-order chi connectivity index (χ0) is 24.9. The first-order valence-electron chi connectivity index (χ1n) is 9.82. The fraction of sp³-hybridized carbons (Fsp3) is 0.227. The van der Waals surface area contributed by atoms with Crippen LogP contribution in [0.5, 0.6) is 0 Å². The van der Waals surface area contributed by atoms with Crippen molar-refractivity contribution in [3.63, 3.8) is 0 Å². The van der Waals surface area contributed by atoms with E-state index in [1.807, 2.05) is 13.0 Å². The Labute approximate surface area is 210 Å². The minimum absolute atomic E-state index is 0.318. The van der Waals surface area contributed by atoms with Crippen LogP contribution in [0.1, 0.15) is 11.4 Å². The first kappa shape index (κ1) is 25.5. The topological polar surface area (TPSA) is 115 Å². The van der Waals surface area contributed by atoms with Crippen LogP contribution < -0.4 is 10.6 Å². The second-order valence-electron chi connectivity index (χ2n) is 7.08. The number of carbonyl (C=O) groups is 2. The number of anilines is 2. The van der Waals surface area contributed by atoms with E-state index in [4.69, 9.17) is 39.5 Å². The van der Waals surface area contributed by atoms with Gasteiger partial charge in [0, 0.05) is 23.0 Å². The Morgan fingerprint density at radius 1 is 0.971 bits per heavy atom. The maximum absolute atomic E-state index is 12.0. The summed E-state index contributed by atoms with van der Waals surface area (Å²) in [6.07, 6.45) is 0.163. The fourth-order valence-corrected chi connectivity index (χ4v) is 3.11. The van der Waals surface area contributed by atoms with Gasteiger partial charge in [-0.3, -0.25) is 10.6 Å². The molecule has 178 valence electrons. The number of pyridine rings is 1. The number of hydrogen-bond acceptors (Lipinski definition) is 7. The van der Waals surface area contributed by atoms with Crippen molar-refractivity contribution >= 4 is 58.5 Å². The van der Waals surface area contributed by atoms with Crippen LogP contribution >= 0.6 is 34.8 Å². The molecule has 0 saturated heterocycles. The maximum atomic E-state index is 12.0. The number of benzene rings is 1. The SMILES string of the molecule is COC(=O)Nc1cc(-c2cc(-c3cc(NC(=O)OCC(Cl)(Cl)Cl)ccc3C)nc(C)n2)ccn1. The lowest BCUT2D eigenvalue weighted by Crippen LogP contribution is -2.21. The fourth-order valence-electron chi connectivity index (χ4n) is 2.94. The Balaban J connectivity index is 1.90. The van der Waals surface area contributed by atoms with E-state index >= 15 is 0 Å². The lowest BCUT2D eigenvalue weighted by Gasteiger charge is -2.14. The summed E-state index contributed by atoms with van der Waals surface area (Å²) in [6.45, 7) is 3.30. The van der Waals surface area contributed by atoms with Crippen LogP contribution in [0, 0.1) is 13.8 Å². The van der Waals surface area contributed by atoms with Gasteiger partial charge >= 0.3 is 12.2 Å². The number of amides is 2. The molecule has 3 aromatic rings. The molecule has 0 atom stereocenters. The molecule has 0 saturated carbocycles. The number of methoxy groups -OCH3 is 1. The molecule has 0 aliphatic carbocycles. The summed E-state index contributed by atoms with van der Waals surface area (Å²) < 4.78 is 7.81. The van der Waals surface area contributed by atoms with Crippen LogP contribution in [-0.4, -0.2) is 44.6 Å². The third kappa shape index (κ3) is 7.18. The monoisotopic (exact) mass is 523 g/mol. The predicted octanol–water partition coefficient (Wildman–Crippen LogP) is 5.92. The predicted molar refractivity (Wildman–Crippen MR) is 131 cm³/mol. The van der Waals surface area contributed by atoms with Crippen LogP contribution in [-0.2, 0) is 9.47 Å². The Morgan fingerprint density at radius 2 is 1.71 bits per heavy atom. The molecule has 3 rings (SSSR count). The van der Waals surface area contributed by atoms with Gasteiger partial charge in [-0.2, -0.15) is 0 Å². The highest BCUT2D eigenvalue weighted by atomic mass is 35.6. The van der Waals surface area contributed by atoms with Crippen LogP contribution in [0.15, 0.2) is 42.6 Å². The molecule has 0 bridgehead atoms. The molecule has 0 unspecified atom stereocenters. The molecular weight excluding hydrogens is 505 g/mol. The van der Waals surface area contributed by atoms with Gasteiger partial charge in [0.1, 0.15) is 18.2 Å². The number of aromatic nitrogens is 3. The zero-order valence-corrected chi connectivity index (χ0v) is 20.6. The molecule has 2 amide bonds. The van der Waals surface area contributed by atoms with Crippen LogP contribution in [0.2, 0.25) is 0 Å². The molecule has 34 heavy (non-hydrogen) atoms. The molecule has 0 spiro atoms. The molecule has 0 fully saturated rings. The lowest BCUT2D eigenvalue weighted by atomic mass is 10.0. The first-order chi connectivity index (χ1) is 16.0. The highest BCUT2D eigenvalue weighted by molar-refractivity contribution is 6.67. The Kier molecular flexibility index (Phi) is 8.14. The second-order valence-corrected chi connectivity index (χ2v) is 9.59. The molecule has 2 aromatic heterocycles. The molecule has 12 heteroatoms. The average molecular weight is 525 g/mol. The third-order valence-corrected chi connectivity index (χ3v) is 4.76. The van der Waals surface area contributed by atoms with Crippen molar-refractivity contribution in [1.82, 2.24) is 15.0 Å². The smallest absolute Gasteiger partial charge is 0.412 e. The third-order valence-electron chi connectivity index (χ3n) is 4.44. The van der Waals surface area contributed by atoms with E-state index in [0.717, 1.165) is 16.7 Å². The first-order valence-corrected chi connectivity index (χ1v) is 11.0. The standard InChI is InChI=1S/C22H20Cl3N5O4/c1-12-4-5-15(29-21(32)34-11-22(23,24)25)9-16(12)18-10-17(27-13(2)28-18)14-6-7-26-19(8-14)30-20(31)33-3/h4-10H,11H2,1-3H3,(H,29,32)(H,26,30,31). The van der Waals surface area contributed by atoms with Gasteiger partial charge in [-0.15, -0.1) is 0 Å². The molecule has 0 aliphatic rings. The van der Waals surface area contributed by atoms with Crippen molar-refractivity contribution < 1.29 is 19.1 Å². The summed E-state index contributed by atoms with van der Waals surface area (Å²) in [5.41, 5.74) is 4.15. The molecule has 2 heterocycles. The van der Waals surface area contributed by atoms with E-state index in [0.29, 0.717) is 28.7 Å². The number of aryl methyl sites for hydroxylation is 2. The van der Waals surface area contributed by atoms with Gasteiger partial charge in [0.15, 0.2) is 0 Å². The van der Waals surface area contributed by atoms with Gasteiger partial charge in [-0.05, 0) is 49.7 Å². The summed E-state index contributed by atoms with van der Waals surface area (Å²) in [5.74, 6) is 0.851. The van der Waals surface area contributed by atoms with E-state index in [1.165, 1.54) is 7.11 Å². The van der Waals surface area contributed by atoms with Gasteiger partial charge in [0.2, 0.25) is 3.79 Å². The van der Waals surface area contributed by atoms with E-state index < -0.39 is 22.6 Å². The zero-order valence-electron chi connectivity index (χ0n) is 18.4. The van der Waals surface area contributed by atoms with Gasteiger partial charge in [0.25, 0.3) is 0 Å². The number of rotatable bonds is 5. The summed E-state index contributed by atoms with van der Waals surface area (Å²) in [5, 5.41) is 5.13. The molecule has 2 N–H and O–H groups in total. The van der Waals surface area contributed by atoms with Crippen molar-refractivity contribution in [1.29, 1.82) is 0 Å². The lowest BCUT2D eigenvalue weighted by molar-refractivity contribution is 0.164. The van der Waals surface area contributed by atoms with Gasteiger partial charge in [-0.1, -0.05) is 40.9 Å². The Bertz CT molecular complexity index is 1220. The summed E-state index contributed by atoms with van der Waals surface area (Å²) >= 11 is 16.8. The maximum Gasteiger partial charge on any atom is 0.412 e. The van der Waals surface area contributed by atoms with E-state index in [1.54, 1.807) is 43.5 Å². The number of nitrogens with zero attached hydrogens (tertiary/aromatic N) is 3. The Morgan fingerprint density at radius 3 is 2.41 bits per heavy atom. The average Bonchev–Trinajstić information content (AvgIpc) is 2.78. The van der Waals surface area contributed by atoms with Crippen molar-refractivity contribution in [2.75, 3.05) is 24.4 Å². The highest BCUT2D eigenvalue weighted by Crippen LogP contribution is 2.30. The summed E-state index contributed by atoms with van der Waals surface area (Å²) in [4.78, 5) is 36.7. The van der Waals surface area contributed by atoms with Crippen molar-refractivity contribution in [3.8, 4) is 22.5 Å². The van der Waals surface area contributed by atoms with Gasteiger partial charge in [-0.25, -0.2) is 24.5 Å². The van der Waals surface area contributed by atoms with E-state index in [-0.39, 0.29) is 0 Å². The van der Waals surface area contributed by atoms with E-state index in [2.05, 4.69) is 30.3 Å². The number of alkyl halides is 3. The molecule has 9 nitrogen and oxygen atoms in total. The number of carbonyl (C=O) groups excluding carboxylic acids is 2. The number of nitrogens with one attached hydrogen (secondary N) is 2. The normalized spacial score (nSPS) is 11.0. The summed E-state index contributed by atoms with van der Waals surface area (Å²) in [7, 11) is 1.27. The number of hydrogen-bond donors (Lipinski definition) is 2. The number of ether oxygens (including phenoxy) is 2. The van der Waals surface area contributed by atoms with Crippen LogP contribution in [0.3, 0.4) is 0 Å². The van der Waals surface area contributed by atoms with Crippen LogP contribution in [0.4, 0.5) is 21.1 Å². The Hall–Kier alpha value is -3.14. The molecule has 0 aliphatic heterocycles. The van der Waals surface area contributed by atoms with E-state index in [9.17, 15) is 9.59 Å². The summed E-state index contributed by atoms with van der Waals surface area (Å²) in [6, 6.07) is 10.6. The van der Waals surface area contributed by atoms with Crippen molar-refractivity contribution in [2.24, 2.45) is 0 Å². The van der Waals surface area contributed by atoms with Gasteiger partial charge in [0.05, 0.1) is 18.5 Å². The highest BCUT2D eigenvalue weighted by Gasteiger charge is 2.22. The van der Waals surface area contributed by atoms with Gasteiger partial charge < -0.3 is 9.47 Å². The molecule has 0 radical (unpaired) electrons. The minimum Gasteiger partial charge on any atom is -0.453 e. The largest absolute Gasteiger partial charge is 0.453 e. The van der Waals surface area contributed by atoms with Crippen molar-refractivity contribution in [3.05, 3.63) is 54.0 Å².